The lowest BCUT2D eigenvalue weighted by atomic mass is 10.1. The van der Waals surface area contributed by atoms with Crippen LogP contribution in [0.5, 0.6) is 0 Å². The van der Waals surface area contributed by atoms with Gasteiger partial charge in [-0.1, -0.05) is 32.8 Å². The number of hydrogen-bond donors (Lipinski definition) is 1. The summed E-state index contributed by atoms with van der Waals surface area (Å²) >= 11 is 0. The molecule has 4 heteroatoms. The van der Waals surface area contributed by atoms with Gasteiger partial charge < -0.3 is 14.6 Å². The van der Waals surface area contributed by atoms with Gasteiger partial charge in [-0.3, -0.25) is 0 Å². The summed E-state index contributed by atoms with van der Waals surface area (Å²) in [6, 6.07) is 6.08. The van der Waals surface area contributed by atoms with Gasteiger partial charge in [-0.15, -0.1) is 0 Å². The molecule has 0 spiro atoms. The Balaban J connectivity index is 2.04. The molecule has 0 saturated carbocycles. The Labute approximate surface area is 133 Å². The number of aliphatic hydroxyl groups is 1. The summed E-state index contributed by atoms with van der Waals surface area (Å²) in [5, 5.41) is 10.6. The number of fused-ring (bicyclic) bond motifs is 1. The van der Waals surface area contributed by atoms with Crippen molar-refractivity contribution in [3.05, 3.63) is 30.1 Å². The molecule has 1 unspecified atom stereocenters. The number of aryl methyl sites for hydroxylation is 1. The predicted octanol–water partition coefficient (Wildman–Crippen LogP) is 3.51. The van der Waals surface area contributed by atoms with Crippen LogP contribution < -0.4 is 0 Å². The van der Waals surface area contributed by atoms with Gasteiger partial charge in [0.2, 0.25) is 0 Å². The van der Waals surface area contributed by atoms with Crippen molar-refractivity contribution in [2.45, 2.75) is 45.6 Å². The Bertz CT molecular complexity index is 571. The third-order valence-corrected chi connectivity index (χ3v) is 4.22. The van der Waals surface area contributed by atoms with Gasteiger partial charge in [0.1, 0.15) is 0 Å². The van der Waals surface area contributed by atoms with Gasteiger partial charge >= 0.3 is 0 Å². The van der Waals surface area contributed by atoms with E-state index < -0.39 is 6.10 Å². The highest BCUT2D eigenvalue weighted by atomic mass is 16.3. The average Bonchev–Trinajstić information content (AvgIpc) is 2.90. The van der Waals surface area contributed by atoms with Gasteiger partial charge in [-0.05, 0) is 43.6 Å². The third-order valence-electron chi connectivity index (χ3n) is 4.22. The molecule has 0 aliphatic rings. The van der Waals surface area contributed by atoms with Crippen molar-refractivity contribution < 1.29 is 5.11 Å². The predicted molar refractivity (Wildman–Crippen MR) is 91.9 cm³/mol. The zero-order valence-electron chi connectivity index (χ0n) is 14.1. The summed E-state index contributed by atoms with van der Waals surface area (Å²) in [6.07, 6.45) is 6.14. The summed E-state index contributed by atoms with van der Waals surface area (Å²) in [5.74, 6) is 0. The van der Waals surface area contributed by atoms with E-state index in [1.807, 2.05) is 36.1 Å². The van der Waals surface area contributed by atoms with E-state index in [0.717, 1.165) is 29.7 Å². The lowest BCUT2D eigenvalue weighted by Crippen LogP contribution is -2.30. The monoisotopic (exact) mass is 303 g/mol. The maximum atomic E-state index is 10.6. The number of imidazole rings is 1. The molecule has 1 aromatic heterocycles. The van der Waals surface area contributed by atoms with Crippen LogP contribution in [0.3, 0.4) is 0 Å². The van der Waals surface area contributed by atoms with Gasteiger partial charge in [0.25, 0.3) is 0 Å². The molecule has 0 aliphatic heterocycles. The first-order valence-corrected chi connectivity index (χ1v) is 8.47. The summed E-state index contributed by atoms with van der Waals surface area (Å²) in [6.45, 7) is 7.27. The highest BCUT2D eigenvalue weighted by Crippen LogP contribution is 2.20. The fourth-order valence-electron chi connectivity index (χ4n) is 2.77. The molecule has 0 amide bonds. The van der Waals surface area contributed by atoms with Crippen molar-refractivity contribution in [3.63, 3.8) is 0 Å². The lowest BCUT2D eigenvalue weighted by Gasteiger charge is -2.25. The minimum atomic E-state index is -0.444. The van der Waals surface area contributed by atoms with E-state index in [1.165, 1.54) is 25.7 Å². The van der Waals surface area contributed by atoms with Crippen molar-refractivity contribution in [2.24, 2.45) is 7.05 Å². The molecule has 0 bridgehead atoms. The van der Waals surface area contributed by atoms with Crippen molar-refractivity contribution in [1.82, 2.24) is 14.5 Å². The summed E-state index contributed by atoms with van der Waals surface area (Å²) < 4.78 is 2.00. The van der Waals surface area contributed by atoms with Crippen LogP contribution in [0, 0.1) is 0 Å². The van der Waals surface area contributed by atoms with E-state index in [9.17, 15) is 5.11 Å². The molecule has 1 N–H and O–H groups in total. The molecule has 0 aliphatic carbocycles. The summed E-state index contributed by atoms with van der Waals surface area (Å²) in [4.78, 5) is 6.77. The second-order valence-corrected chi connectivity index (χ2v) is 6.13. The molecule has 1 atom stereocenters. The van der Waals surface area contributed by atoms with Gasteiger partial charge in [0.15, 0.2) is 0 Å². The molecular formula is C18H29N3O. The maximum Gasteiger partial charge on any atom is 0.0955 e. The fraction of sp³-hybridized carbons (Fsp3) is 0.611. The average molecular weight is 303 g/mol. The summed E-state index contributed by atoms with van der Waals surface area (Å²) in [5.41, 5.74) is 3.02. The van der Waals surface area contributed by atoms with Crippen LogP contribution in [0.1, 0.15) is 51.2 Å². The smallest absolute Gasteiger partial charge is 0.0955 e. The molecule has 0 saturated heterocycles. The standard InChI is InChI=1S/C18H29N3O/c1-4-6-10-21(11-7-5-2)13-18(22)15-8-9-17-16(12-15)19-14-20(17)3/h8-9,12,14,18,22H,4-7,10-11,13H2,1-3H3. The van der Waals surface area contributed by atoms with E-state index in [0.29, 0.717) is 6.54 Å². The number of benzene rings is 1. The first-order valence-electron chi connectivity index (χ1n) is 8.47. The molecule has 22 heavy (non-hydrogen) atoms. The van der Waals surface area contributed by atoms with E-state index in [1.54, 1.807) is 0 Å². The van der Waals surface area contributed by atoms with Crippen LogP contribution in [0.2, 0.25) is 0 Å². The molecule has 1 heterocycles. The lowest BCUT2D eigenvalue weighted by molar-refractivity contribution is 0.111. The van der Waals surface area contributed by atoms with E-state index in [-0.39, 0.29) is 0 Å². The normalized spacial score (nSPS) is 13.1. The summed E-state index contributed by atoms with van der Waals surface area (Å²) in [7, 11) is 1.99. The molecule has 4 nitrogen and oxygen atoms in total. The fourth-order valence-corrected chi connectivity index (χ4v) is 2.77. The van der Waals surface area contributed by atoms with Gasteiger partial charge in [-0.2, -0.15) is 0 Å². The van der Waals surface area contributed by atoms with Crippen LogP contribution in [0.4, 0.5) is 0 Å². The molecule has 0 fully saturated rings. The van der Waals surface area contributed by atoms with Crippen LogP contribution >= 0.6 is 0 Å². The van der Waals surface area contributed by atoms with Gasteiger partial charge in [0.05, 0.1) is 23.5 Å². The number of aromatic nitrogens is 2. The van der Waals surface area contributed by atoms with Gasteiger partial charge in [0, 0.05) is 13.6 Å². The minimum absolute atomic E-state index is 0.444. The third kappa shape index (κ3) is 4.31. The van der Waals surface area contributed by atoms with E-state index >= 15 is 0 Å². The second-order valence-electron chi connectivity index (χ2n) is 6.13. The quantitative estimate of drug-likeness (QED) is 0.771. The molecule has 2 rings (SSSR count). The number of nitrogens with zero attached hydrogens (tertiary/aromatic N) is 3. The van der Waals surface area contributed by atoms with E-state index in [4.69, 9.17) is 0 Å². The van der Waals surface area contributed by atoms with Crippen LogP contribution in [-0.4, -0.2) is 39.2 Å². The Hall–Kier alpha value is -1.39. The highest BCUT2D eigenvalue weighted by molar-refractivity contribution is 5.76. The molecule has 1 aromatic carbocycles. The Kier molecular flexibility index (Phi) is 6.40. The van der Waals surface area contributed by atoms with Crippen LogP contribution in [0.15, 0.2) is 24.5 Å². The molecule has 0 radical (unpaired) electrons. The van der Waals surface area contributed by atoms with Gasteiger partial charge in [-0.25, -0.2) is 4.98 Å². The van der Waals surface area contributed by atoms with Crippen LogP contribution in [-0.2, 0) is 7.05 Å². The second kappa shape index (κ2) is 8.30. The topological polar surface area (TPSA) is 41.3 Å². The van der Waals surface area contributed by atoms with E-state index in [2.05, 4.69) is 23.7 Å². The number of aliphatic hydroxyl groups excluding tert-OH is 1. The zero-order valence-corrected chi connectivity index (χ0v) is 14.1. The van der Waals surface area contributed by atoms with Crippen LogP contribution in [0.25, 0.3) is 11.0 Å². The zero-order chi connectivity index (χ0) is 15.9. The molecule has 122 valence electrons. The molecule has 2 aromatic rings. The SMILES string of the molecule is CCCCN(CCCC)CC(O)c1ccc2c(c1)ncn2C. The van der Waals surface area contributed by atoms with Crippen molar-refractivity contribution in [1.29, 1.82) is 0 Å². The molecular weight excluding hydrogens is 274 g/mol. The Morgan fingerprint density at radius 2 is 1.86 bits per heavy atom. The first kappa shape index (κ1) is 17.0. The van der Waals surface area contributed by atoms with Crippen molar-refractivity contribution >= 4 is 11.0 Å². The number of unbranched alkanes of at least 4 members (excludes halogenated alkanes) is 2. The maximum absolute atomic E-state index is 10.6. The number of hydrogen-bond acceptors (Lipinski definition) is 3. The minimum Gasteiger partial charge on any atom is -0.387 e. The Morgan fingerprint density at radius 3 is 2.50 bits per heavy atom. The van der Waals surface area contributed by atoms with Crippen molar-refractivity contribution in [2.75, 3.05) is 19.6 Å². The first-order chi connectivity index (χ1) is 10.7. The van der Waals surface area contributed by atoms with Crippen molar-refractivity contribution in [3.8, 4) is 0 Å². The Morgan fingerprint density at radius 1 is 1.18 bits per heavy atom. The largest absolute Gasteiger partial charge is 0.387 e. The highest BCUT2D eigenvalue weighted by Gasteiger charge is 2.14. The number of rotatable bonds is 9.